The van der Waals surface area contributed by atoms with E-state index in [1.54, 1.807) is 0 Å². The monoisotopic (exact) mass is 513 g/mol. The quantitative estimate of drug-likeness (QED) is 0.166. The number of para-hydroxylation sites is 1. The molecule has 0 saturated heterocycles. The summed E-state index contributed by atoms with van der Waals surface area (Å²) in [5, 5.41) is 1.18. The molecule has 4 nitrogen and oxygen atoms in total. The fraction of sp³-hybridized carbons (Fsp3) is 0.0909. The summed E-state index contributed by atoms with van der Waals surface area (Å²) in [5.41, 5.74) is 8.90. The first-order chi connectivity index (χ1) is 18.6. The smallest absolute Gasteiger partial charge is 0.182 e. The molecule has 0 radical (unpaired) electrons. The van der Waals surface area contributed by atoms with Gasteiger partial charge in [0.05, 0.1) is 11.4 Å². The molecule has 0 fully saturated rings. The van der Waals surface area contributed by atoms with Crippen LogP contribution in [0.25, 0.3) is 33.4 Å². The Balaban J connectivity index is 1.44. The third kappa shape index (κ3) is 4.69. The highest BCUT2D eigenvalue weighted by Crippen LogP contribution is 2.41. The van der Waals surface area contributed by atoms with Gasteiger partial charge in [0.25, 0.3) is 0 Å². The van der Waals surface area contributed by atoms with Crippen molar-refractivity contribution in [1.82, 2.24) is 15.0 Å². The van der Waals surface area contributed by atoms with Gasteiger partial charge < -0.3 is 9.97 Å². The number of imidazole rings is 1. The number of benzene rings is 4. The number of nitrogens with one attached hydrogen (secondary N) is 2. The average Bonchev–Trinajstić information content (AvgIpc) is 3.57. The molecule has 2 heterocycles. The molecule has 186 valence electrons. The molecule has 0 saturated carbocycles. The second-order valence-electron chi connectivity index (χ2n) is 9.52. The van der Waals surface area contributed by atoms with Crippen molar-refractivity contribution in [1.29, 1.82) is 0 Å². The highest BCUT2D eigenvalue weighted by atomic mass is 32.2. The third-order valence-corrected chi connectivity index (χ3v) is 7.91. The maximum Gasteiger partial charge on any atom is 0.182 e. The van der Waals surface area contributed by atoms with Crippen molar-refractivity contribution >= 4 is 28.4 Å². The first kappa shape index (κ1) is 24.0. The molecule has 5 heteroatoms. The Labute approximate surface area is 226 Å². The fourth-order valence-corrected chi connectivity index (χ4v) is 5.74. The van der Waals surface area contributed by atoms with Crippen LogP contribution in [-0.4, -0.2) is 20.7 Å². The lowest BCUT2D eigenvalue weighted by molar-refractivity contribution is 0.0991. The Morgan fingerprint density at radius 2 is 1.39 bits per heavy atom. The molecule has 6 aromatic rings. The number of thioether (sulfide) groups is 1. The maximum absolute atomic E-state index is 14.0. The van der Waals surface area contributed by atoms with E-state index < -0.39 is 5.25 Å². The summed E-state index contributed by atoms with van der Waals surface area (Å²) >= 11 is 1.46. The molecule has 0 aliphatic heterocycles. The van der Waals surface area contributed by atoms with Gasteiger partial charge in [-0.3, -0.25) is 4.79 Å². The number of hydrogen-bond donors (Lipinski definition) is 2. The lowest BCUT2D eigenvalue weighted by Crippen LogP contribution is -2.10. The summed E-state index contributed by atoms with van der Waals surface area (Å²) in [4.78, 5) is 25.9. The Morgan fingerprint density at radius 1 is 0.763 bits per heavy atom. The van der Waals surface area contributed by atoms with Crippen molar-refractivity contribution in [3.05, 3.63) is 132 Å². The molecule has 0 unspecified atom stereocenters. The second-order valence-corrected chi connectivity index (χ2v) is 10.6. The molecule has 2 aromatic heterocycles. The molecular weight excluding hydrogens is 486 g/mol. The van der Waals surface area contributed by atoms with Crippen LogP contribution in [0.5, 0.6) is 0 Å². The predicted molar refractivity (Wildman–Crippen MR) is 157 cm³/mol. The van der Waals surface area contributed by atoms with Crippen molar-refractivity contribution in [3.63, 3.8) is 0 Å². The van der Waals surface area contributed by atoms with Gasteiger partial charge in [-0.05, 0) is 25.5 Å². The largest absolute Gasteiger partial charge is 0.360 e. The van der Waals surface area contributed by atoms with Crippen LogP contribution in [0.3, 0.4) is 0 Å². The first-order valence-electron chi connectivity index (χ1n) is 12.6. The molecule has 4 aromatic carbocycles. The van der Waals surface area contributed by atoms with Crippen LogP contribution < -0.4 is 0 Å². The number of Topliss-reactive ketones (excluding diaryl/α,β-unsaturated/α-hetero) is 1. The molecule has 0 aliphatic rings. The number of aromatic amines is 2. The number of ketones is 1. The van der Waals surface area contributed by atoms with Crippen LogP contribution in [0.1, 0.15) is 32.3 Å². The van der Waals surface area contributed by atoms with Crippen molar-refractivity contribution in [2.24, 2.45) is 0 Å². The van der Waals surface area contributed by atoms with Gasteiger partial charge in [-0.15, -0.1) is 0 Å². The van der Waals surface area contributed by atoms with Gasteiger partial charge >= 0.3 is 0 Å². The number of aromatic nitrogens is 3. The minimum absolute atomic E-state index is 0.0452. The van der Waals surface area contributed by atoms with Gasteiger partial charge in [0.1, 0.15) is 5.25 Å². The summed E-state index contributed by atoms with van der Waals surface area (Å²) in [6.45, 7) is 4.16. The maximum atomic E-state index is 14.0. The summed E-state index contributed by atoms with van der Waals surface area (Å²) in [5.74, 6) is 0.0452. The molecular formula is C33H27N3OS. The fourth-order valence-electron chi connectivity index (χ4n) is 4.69. The minimum atomic E-state index is -0.460. The van der Waals surface area contributed by atoms with Gasteiger partial charge in [-0.25, -0.2) is 4.98 Å². The Kier molecular flexibility index (Phi) is 6.44. The Bertz CT molecular complexity index is 1650. The number of fused-ring (bicyclic) bond motifs is 1. The van der Waals surface area contributed by atoms with E-state index in [0.717, 1.165) is 39.0 Å². The summed E-state index contributed by atoms with van der Waals surface area (Å²) in [6, 6.07) is 34.7. The predicted octanol–water partition coefficient (Wildman–Crippen LogP) is 8.56. The summed E-state index contributed by atoms with van der Waals surface area (Å²) < 4.78 is 0. The van der Waals surface area contributed by atoms with Crippen LogP contribution in [-0.2, 0) is 0 Å². The number of H-pyrrole nitrogens is 2. The van der Waals surface area contributed by atoms with E-state index in [-0.39, 0.29) is 5.78 Å². The van der Waals surface area contributed by atoms with E-state index in [9.17, 15) is 4.79 Å². The van der Waals surface area contributed by atoms with Gasteiger partial charge in [0.2, 0.25) is 0 Å². The third-order valence-electron chi connectivity index (χ3n) is 6.77. The molecule has 1 atom stereocenters. The average molecular weight is 514 g/mol. The Morgan fingerprint density at radius 3 is 2.11 bits per heavy atom. The topological polar surface area (TPSA) is 61.5 Å². The standard InChI is InChI=1S/C33H27N3OS/c1-21-12-16-23(17-13-21)29-30(24-18-14-22(2)15-19-24)36-33(35-29)38-32(25-8-4-3-5-9-25)31(37)27-20-34-28-11-7-6-10-26(27)28/h3-20,32,34H,1-2H3,(H,35,36)/t32-/m1/s1. The van der Waals surface area contributed by atoms with Crippen LogP contribution >= 0.6 is 11.8 Å². The van der Waals surface area contributed by atoms with E-state index in [4.69, 9.17) is 4.98 Å². The van der Waals surface area contributed by atoms with E-state index in [1.807, 2.05) is 60.8 Å². The summed E-state index contributed by atoms with van der Waals surface area (Å²) in [6.07, 6.45) is 1.82. The van der Waals surface area contributed by atoms with E-state index in [0.29, 0.717) is 10.7 Å². The lowest BCUT2D eigenvalue weighted by atomic mass is 10.0. The zero-order valence-corrected chi connectivity index (χ0v) is 22.0. The zero-order valence-electron chi connectivity index (χ0n) is 21.2. The summed E-state index contributed by atoms with van der Waals surface area (Å²) in [7, 11) is 0. The van der Waals surface area contributed by atoms with Crippen LogP contribution in [0.2, 0.25) is 0 Å². The number of carbonyl (C=O) groups is 1. The molecule has 0 amide bonds. The second kappa shape index (κ2) is 10.2. The lowest BCUT2D eigenvalue weighted by Gasteiger charge is -2.14. The van der Waals surface area contributed by atoms with E-state index in [1.165, 1.54) is 22.9 Å². The molecule has 0 aliphatic carbocycles. The first-order valence-corrected chi connectivity index (χ1v) is 13.5. The van der Waals surface area contributed by atoms with Gasteiger partial charge in [-0.2, -0.15) is 0 Å². The number of nitrogens with zero attached hydrogens (tertiary/aromatic N) is 1. The minimum Gasteiger partial charge on any atom is -0.360 e. The molecule has 38 heavy (non-hydrogen) atoms. The van der Waals surface area contributed by atoms with Crippen molar-refractivity contribution in [2.75, 3.05) is 0 Å². The van der Waals surface area contributed by atoms with Gasteiger partial charge in [0.15, 0.2) is 10.9 Å². The van der Waals surface area contributed by atoms with Crippen LogP contribution in [0, 0.1) is 13.8 Å². The van der Waals surface area contributed by atoms with Crippen LogP contribution in [0.4, 0.5) is 0 Å². The van der Waals surface area contributed by atoms with Crippen molar-refractivity contribution < 1.29 is 4.79 Å². The SMILES string of the molecule is Cc1ccc(-c2nc(S[C@@H](C(=O)c3c[nH]c4ccccc34)c3ccccc3)[nH]c2-c2ccc(C)cc2)cc1. The normalized spacial score (nSPS) is 12.1. The van der Waals surface area contributed by atoms with Gasteiger partial charge in [-0.1, -0.05) is 120 Å². The van der Waals surface area contributed by atoms with Gasteiger partial charge in [0, 0.05) is 33.8 Å². The number of aryl methyl sites for hydroxylation is 2. The molecule has 0 spiro atoms. The molecule has 6 rings (SSSR count). The van der Waals surface area contributed by atoms with Crippen molar-refractivity contribution in [3.8, 4) is 22.5 Å². The van der Waals surface area contributed by atoms with Crippen LogP contribution in [0.15, 0.2) is 114 Å². The van der Waals surface area contributed by atoms with E-state index in [2.05, 4.69) is 72.3 Å². The highest BCUT2D eigenvalue weighted by molar-refractivity contribution is 8.00. The number of hydrogen-bond acceptors (Lipinski definition) is 3. The number of rotatable bonds is 7. The highest BCUT2D eigenvalue weighted by Gasteiger charge is 2.27. The molecule has 2 N–H and O–H groups in total. The molecule has 0 bridgehead atoms. The number of carbonyl (C=O) groups excluding carboxylic acids is 1. The van der Waals surface area contributed by atoms with Crippen molar-refractivity contribution in [2.45, 2.75) is 24.3 Å². The Hall–Kier alpha value is -4.35. The van der Waals surface area contributed by atoms with E-state index >= 15 is 0 Å². The zero-order chi connectivity index (χ0) is 26.1.